The van der Waals surface area contributed by atoms with Crippen LogP contribution in [0.15, 0.2) is 29.8 Å². The van der Waals surface area contributed by atoms with Crippen molar-refractivity contribution in [3.05, 3.63) is 35.4 Å². The van der Waals surface area contributed by atoms with E-state index in [9.17, 15) is 0 Å². The Labute approximate surface area is 132 Å². The molecule has 22 heavy (non-hydrogen) atoms. The Kier molecular flexibility index (Phi) is 6.48. The van der Waals surface area contributed by atoms with Gasteiger partial charge >= 0.3 is 0 Å². The molecule has 4 nitrogen and oxygen atoms in total. The lowest BCUT2D eigenvalue weighted by atomic mass is 10.1. The van der Waals surface area contributed by atoms with Crippen LogP contribution in [0.5, 0.6) is 5.75 Å². The molecular weight excluding hydrogens is 274 g/mol. The number of hydrogen-bond donors (Lipinski definition) is 0. The molecule has 0 unspecified atom stereocenters. The normalized spacial score (nSPS) is 14.6. The third-order valence-electron chi connectivity index (χ3n) is 3.78. The van der Waals surface area contributed by atoms with Crippen LogP contribution < -0.4 is 4.74 Å². The molecule has 1 aliphatic heterocycles. The standard InChI is InChI=1S/C18H21N3O/c19-14-16(15-20)13-17-7-2-3-8-18(17)22-12-6-11-21-9-4-1-5-10-21/h2-3,7-8,13H,1,4-6,9-12H2. The van der Waals surface area contributed by atoms with Crippen molar-refractivity contribution in [2.24, 2.45) is 0 Å². The molecule has 0 N–H and O–H groups in total. The van der Waals surface area contributed by atoms with E-state index in [0.717, 1.165) is 24.3 Å². The summed E-state index contributed by atoms with van der Waals surface area (Å²) < 4.78 is 5.83. The van der Waals surface area contributed by atoms with E-state index in [1.54, 1.807) is 6.08 Å². The van der Waals surface area contributed by atoms with Gasteiger partial charge in [-0.15, -0.1) is 0 Å². The SMILES string of the molecule is N#CC(C#N)=Cc1ccccc1OCCCN1CCCCC1. The summed E-state index contributed by atoms with van der Waals surface area (Å²) in [4.78, 5) is 2.49. The molecule has 4 heteroatoms. The molecule has 0 saturated carbocycles. The van der Waals surface area contributed by atoms with E-state index in [1.807, 2.05) is 36.4 Å². The maximum Gasteiger partial charge on any atom is 0.130 e. The number of allylic oxidation sites excluding steroid dienone is 1. The van der Waals surface area contributed by atoms with Crippen molar-refractivity contribution in [1.82, 2.24) is 4.90 Å². The van der Waals surface area contributed by atoms with Gasteiger partial charge in [-0.1, -0.05) is 24.6 Å². The van der Waals surface area contributed by atoms with Gasteiger partial charge in [-0.25, -0.2) is 0 Å². The third-order valence-corrected chi connectivity index (χ3v) is 3.78. The molecule has 0 amide bonds. The molecule has 1 aliphatic rings. The third kappa shape index (κ3) is 4.91. The Balaban J connectivity index is 1.86. The van der Waals surface area contributed by atoms with E-state index in [1.165, 1.54) is 32.4 Å². The second kappa shape index (κ2) is 8.87. The molecular formula is C18H21N3O. The minimum atomic E-state index is 0.0874. The van der Waals surface area contributed by atoms with Crippen molar-refractivity contribution < 1.29 is 4.74 Å². The molecule has 0 aromatic heterocycles. The summed E-state index contributed by atoms with van der Waals surface area (Å²) in [7, 11) is 0. The lowest BCUT2D eigenvalue weighted by Gasteiger charge is -2.26. The first-order valence-electron chi connectivity index (χ1n) is 7.79. The van der Waals surface area contributed by atoms with Crippen LogP contribution in [0, 0.1) is 22.7 Å². The quantitative estimate of drug-likeness (QED) is 0.596. The van der Waals surface area contributed by atoms with Crippen LogP contribution in [0.2, 0.25) is 0 Å². The molecule has 114 valence electrons. The van der Waals surface area contributed by atoms with Gasteiger partial charge in [-0.05, 0) is 44.5 Å². The zero-order chi connectivity index (χ0) is 15.6. The zero-order valence-corrected chi connectivity index (χ0v) is 12.8. The van der Waals surface area contributed by atoms with Crippen LogP contribution in [-0.2, 0) is 0 Å². The van der Waals surface area contributed by atoms with E-state index in [4.69, 9.17) is 15.3 Å². The zero-order valence-electron chi connectivity index (χ0n) is 12.8. The Hall–Kier alpha value is -2.30. The lowest BCUT2D eigenvalue weighted by Crippen LogP contribution is -2.31. The highest BCUT2D eigenvalue weighted by molar-refractivity contribution is 5.66. The Morgan fingerprint density at radius 1 is 1.14 bits per heavy atom. The predicted octanol–water partition coefficient (Wildman–Crippen LogP) is 3.37. The maximum absolute atomic E-state index is 8.85. The van der Waals surface area contributed by atoms with Crippen molar-refractivity contribution in [3.8, 4) is 17.9 Å². The van der Waals surface area contributed by atoms with Crippen LogP contribution in [0.4, 0.5) is 0 Å². The van der Waals surface area contributed by atoms with Gasteiger partial charge < -0.3 is 9.64 Å². The first-order valence-corrected chi connectivity index (χ1v) is 7.79. The highest BCUT2D eigenvalue weighted by Gasteiger charge is 2.09. The fourth-order valence-electron chi connectivity index (χ4n) is 2.63. The Morgan fingerprint density at radius 2 is 1.86 bits per heavy atom. The molecule has 0 aliphatic carbocycles. The molecule has 0 bridgehead atoms. The number of likely N-dealkylation sites (tertiary alicyclic amines) is 1. The summed E-state index contributed by atoms with van der Waals surface area (Å²) in [6, 6.07) is 11.3. The highest BCUT2D eigenvalue weighted by atomic mass is 16.5. The predicted molar refractivity (Wildman–Crippen MR) is 86.0 cm³/mol. The Morgan fingerprint density at radius 3 is 2.59 bits per heavy atom. The van der Waals surface area contributed by atoms with Crippen LogP contribution in [0.1, 0.15) is 31.2 Å². The number of nitriles is 2. The molecule has 1 aromatic carbocycles. The Bertz CT molecular complexity index is 573. The fraction of sp³-hybridized carbons (Fsp3) is 0.444. The van der Waals surface area contributed by atoms with Crippen molar-refractivity contribution >= 4 is 6.08 Å². The number of piperidine rings is 1. The van der Waals surface area contributed by atoms with Gasteiger partial charge in [-0.3, -0.25) is 0 Å². The van der Waals surface area contributed by atoms with Crippen molar-refractivity contribution in [2.45, 2.75) is 25.7 Å². The number of benzene rings is 1. The van der Waals surface area contributed by atoms with E-state index in [0.29, 0.717) is 6.61 Å². The molecule has 2 rings (SSSR count). The highest BCUT2D eigenvalue weighted by Crippen LogP contribution is 2.21. The molecule has 0 spiro atoms. The molecule has 1 fully saturated rings. The number of hydrogen-bond acceptors (Lipinski definition) is 4. The maximum atomic E-state index is 8.85. The van der Waals surface area contributed by atoms with E-state index >= 15 is 0 Å². The van der Waals surface area contributed by atoms with E-state index in [2.05, 4.69) is 4.90 Å². The minimum Gasteiger partial charge on any atom is -0.493 e. The number of ether oxygens (including phenoxy) is 1. The molecule has 0 atom stereocenters. The van der Waals surface area contributed by atoms with E-state index < -0.39 is 0 Å². The summed E-state index contributed by atoms with van der Waals surface area (Å²) >= 11 is 0. The van der Waals surface area contributed by atoms with Gasteiger partial charge in [0.25, 0.3) is 0 Å². The van der Waals surface area contributed by atoms with Gasteiger partial charge in [0.1, 0.15) is 23.5 Å². The topological polar surface area (TPSA) is 60.1 Å². The van der Waals surface area contributed by atoms with Crippen molar-refractivity contribution in [3.63, 3.8) is 0 Å². The molecule has 0 radical (unpaired) electrons. The molecule has 1 saturated heterocycles. The number of nitrogens with zero attached hydrogens (tertiary/aromatic N) is 3. The second-order valence-corrected chi connectivity index (χ2v) is 5.42. The average molecular weight is 295 g/mol. The first-order chi connectivity index (χ1) is 10.8. The number of para-hydroxylation sites is 1. The van der Waals surface area contributed by atoms with Gasteiger partial charge in [0.15, 0.2) is 0 Å². The molecule has 1 heterocycles. The van der Waals surface area contributed by atoms with Crippen LogP contribution in [-0.4, -0.2) is 31.1 Å². The summed E-state index contributed by atoms with van der Waals surface area (Å²) in [6.45, 7) is 4.12. The summed E-state index contributed by atoms with van der Waals surface area (Å²) in [5.74, 6) is 0.726. The lowest BCUT2D eigenvalue weighted by molar-refractivity contribution is 0.205. The smallest absolute Gasteiger partial charge is 0.130 e. The van der Waals surface area contributed by atoms with Gasteiger partial charge in [-0.2, -0.15) is 10.5 Å². The summed E-state index contributed by atoms with van der Waals surface area (Å²) in [6.07, 6.45) is 6.52. The van der Waals surface area contributed by atoms with Gasteiger partial charge in [0, 0.05) is 12.1 Å². The van der Waals surface area contributed by atoms with Crippen molar-refractivity contribution in [2.75, 3.05) is 26.2 Å². The second-order valence-electron chi connectivity index (χ2n) is 5.42. The van der Waals surface area contributed by atoms with Crippen LogP contribution >= 0.6 is 0 Å². The van der Waals surface area contributed by atoms with E-state index in [-0.39, 0.29) is 5.57 Å². The van der Waals surface area contributed by atoms with Gasteiger partial charge in [0.2, 0.25) is 0 Å². The monoisotopic (exact) mass is 295 g/mol. The first kappa shape index (κ1) is 16.1. The molecule has 1 aromatic rings. The number of rotatable bonds is 6. The largest absolute Gasteiger partial charge is 0.493 e. The summed E-state index contributed by atoms with van der Waals surface area (Å²) in [5, 5.41) is 17.7. The fourth-order valence-corrected chi connectivity index (χ4v) is 2.63. The average Bonchev–Trinajstić information content (AvgIpc) is 2.58. The van der Waals surface area contributed by atoms with Crippen LogP contribution in [0.25, 0.3) is 6.08 Å². The summed E-state index contributed by atoms with van der Waals surface area (Å²) in [5.41, 5.74) is 0.864. The van der Waals surface area contributed by atoms with Crippen molar-refractivity contribution in [1.29, 1.82) is 10.5 Å². The van der Waals surface area contributed by atoms with Gasteiger partial charge in [0.05, 0.1) is 6.61 Å². The van der Waals surface area contributed by atoms with Crippen LogP contribution in [0.3, 0.4) is 0 Å². The minimum absolute atomic E-state index is 0.0874.